The number of rotatable bonds is 6. The second kappa shape index (κ2) is 10.4. The minimum Gasteiger partial charge on any atom is -0.693 e. The van der Waals surface area contributed by atoms with E-state index in [2.05, 4.69) is 31.8 Å². The van der Waals surface area contributed by atoms with E-state index < -0.39 is 11.8 Å². The molecule has 0 atom stereocenters. The highest BCUT2D eigenvalue weighted by atomic mass is 16.2. The van der Waals surface area contributed by atoms with Gasteiger partial charge in [0.15, 0.2) is 0 Å². The minimum atomic E-state index is -0.414. The van der Waals surface area contributed by atoms with Gasteiger partial charge in [-0.25, -0.2) is 0 Å². The number of aromatic nitrogens is 3. The molecule has 4 rings (SSSR count). The molecular weight excluding hydrogens is 432 g/mol. The van der Waals surface area contributed by atoms with Crippen molar-refractivity contribution < 1.29 is 15.1 Å². The van der Waals surface area contributed by atoms with Gasteiger partial charge in [0.05, 0.1) is 5.69 Å². The van der Waals surface area contributed by atoms with Crippen molar-refractivity contribution in [2.45, 2.75) is 0 Å². The summed E-state index contributed by atoms with van der Waals surface area (Å²) < 4.78 is 1.43. The number of benzene rings is 3. The second-order valence-corrected chi connectivity index (χ2v) is 6.81. The molecule has 0 bridgehead atoms. The summed E-state index contributed by atoms with van der Waals surface area (Å²) in [5.41, 5.74) is 7.86. The second-order valence-electron chi connectivity index (χ2n) is 6.81. The van der Waals surface area contributed by atoms with Gasteiger partial charge >= 0.3 is 0 Å². The Bertz CT molecular complexity index is 1360. The fourth-order valence-corrected chi connectivity index (χ4v) is 2.96. The predicted octanol–water partition coefficient (Wildman–Crippen LogP) is 3.31. The SMILES string of the molecule is C#Cc1ccc(C(=O)Nc2nc(NC(=O)c3ccc(N=[NH2+])cc3)n(-c3ccccc3)n2)cc1.[NH2-]. The molecule has 2 amide bonds. The molecule has 3 aromatic carbocycles. The highest BCUT2D eigenvalue weighted by Crippen LogP contribution is 2.18. The van der Waals surface area contributed by atoms with Crippen LogP contribution in [0.5, 0.6) is 0 Å². The Morgan fingerprint density at radius 2 is 1.47 bits per heavy atom. The summed E-state index contributed by atoms with van der Waals surface area (Å²) >= 11 is 0. The van der Waals surface area contributed by atoms with Gasteiger partial charge in [0, 0.05) is 16.7 Å². The molecule has 1 heterocycles. The number of hydrogen-bond acceptors (Lipinski definition) is 5. The number of terminal acetylenes is 1. The van der Waals surface area contributed by atoms with Crippen molar-refractivity contribution in [3.63, 3.8) is 0 Å². The van der Waals surface area contributed by atoms with Gasteiger partial charge in [-0.15, -0.1) is 11.5 Å². The Morgan fingerprint density at radius 3 is 2.06 bits per heavy atom. The normalized spacial score (nSPS) is 9.85. The van der Waals surface area contributed by atoms with E-state index in [0.717, 1.165) is 0 Å². The molecule has 10 heteroatoms. The minimum absolute atomic E-state index is 0. The molecule has 0 spiro atoms. The molecule has 0 aliphatic carbocycles. The summed E-state index contributed by atoms with van der Waals surface area (Å²) in [5, 5.41) is 13.3. The highest BCUT2D eigenvalue weighted by molar-refractivity contribution is 6.05. The average Bonchev–Trinajstić information content (AvgIpc) is 3.26. The van der Waals surface area contributed by atoms with Crippen molar-refractivity contribution in [2.75, 3.05) is 10.6 Å². The third-order valence-electron chi connectivity index (χ3n) is 4.65. The van der Waals surface area contributed by atoms with E-state index in [0.29, 0.717) is 28.1 Å². The fourth-order valence-electron chi connectivity index (χ4n) is 2.96. The van der Waals surface area contributed by atoms with Crippen molar-refractivity contribution in [2.24, 2.45) is 5.11 Å². The summed E-state index contributed by atoms with van der Waals surface area (Å²) in [4.78, 5) is 29.7. The van der Waals surface area contributed by atoms with E-state index in [1.165, 1.54) is 4.68 Å². The van der Waals surface area contributed by atoms with Gasteiger partial charge in [-0.3, -0.25) is 20.2 Å². The van der Waals surface area contributed by atoms with Crippen LogP contribution in [0.3, 0.4) is 0 Å². The van der Waals surface area contributed by atoms with Gasteiger partial charge in [0.2, 0.25) is 5.95 Å². The van der Waals surface area contributed by atoms with Crippen LogP contribution >= 0.6 is 0 Å². The molecule has 34 heavy (non-hydrogen) atoms. The lowest BCUT2D eigenvalue weighted by molar-refractivity contribution is -0.210. The summed E-state index contributed by atoms with van der Waals surface area (Å²) in [6.45, 7) is 0. The van der Waals surface area contributed by atoms with Gasteiger partial charge in [0.25, 0.3) is 17.8 Å². The number of carbonyl (C=O) groups is 2. The number of carbonyl (C=O) groups excluding carboxylic acids is 2. The van der Waals surface area contributed by atoms with Crippen LogP contribution in [-0.4, -0.2) is 26.6 Å². The molecule has 10 nitrogen and oxygen atoms in total. The maximum absolute atomic E-state index is 12.8. The zero-order valence-corrected chi connectivity index (χ0v) is 17.8. The van der Waals surface area contributed by atoms with Crippen LogP contribution < -0.4 is 16.2 Å². The third kappa shape index (κ3) is 5.18. The lowest BCUT2D eigenvalue weighted by atomic mass is 10.1. The summed E-state index contributed by atoms with van der Waals surface area (Å²) in [6, 6.07) is 22.1. The first kappa shape index (κ1) is 23.5. The molecule has 0 aliphatic rings. The smallest absolute Gasteiger partial charge is 0.258 e. The Morgan fingerprint density at radius 1 is 0.882 bits per heavy atom. The van der Waals surface area contributed by atoms with E-state index in [9.17, 15) is 9.59 Å². The Labute approximate surface area is 195 Å². The molecule has 6 N–H and O–H groups in total. The van der Waals surface area contributed by atoms with E-state index in [-0.39, 0.29) is 18.0 Å². The van der Waals surface area contributed by atoms with E-state index in [1.807, 2.05) is 18.2 Å². The molecular formula is C24H20N8O2. The van der Waals surface area contributed by atoms with Crippen molar-refractivity contribution in [3.05, 3.63) is 102 Å². The van der Waals surface area contributed by atoms with Crippen LogP contribution in [0.1, 0.15) is 26.3 Å². The lowest BCUT2D eigenvalue weighted by Crippen LogP contribution is -2.22. The Kier molecular flexibility index (Phi) is 7.23. The average molecular weight is 452 g/mol. The van der Waals surface area contributed by atoms with Gasteiger partial charge in [0.1, 0.15) is 5.69 Å². The summed E-state index contributed by atoms with van der Waals surface area (Å²) in [7, 11) is 0. The summed E-state index contributed by atoms with van der Waals surface area (Å²) in [5.74, 6) is 1.83. The summed E-state index contributed by atoms with van der Waals surface area (Å²) in [6.07, 6.45) is 5.35. The van der Waals surface area contributed by atoms with Crippen LogP contribution in [0.15, 0.2) is 84.0 Å². The molecule has 0 saturated heterocycles. The molecule has 4 aromatic rings. The fraction of sp³-hybridized carbons (Fsp3) is 0. The molecule has 1 aromatic heterocycles. The number of nitrogens with one attached hydrogen (secondary N) is 2. The predicted molar refractivity (Wildman–Crippen MR) is 127 cm³/mol. The van der Waals surface area contributed by atoms with Crippen molar-refractivity contribution in [1.29, 1.82) is 0 Å². The number of hydrogen-bond donors (Lipinski definition) is 3. The van der Waals surface area contributed by atoms with Gasteiger partial charge in [-0.05, 0) is 65.8 Å². The first-order valence-corrected chi connectivity index (χ1v) is 9.80. The van der Waals surface area contributed by atoms with Crippen LogP contribution in [0.4, 0.5) is 17.6 Å². The standard InChI is InChI=1S/C24H17N7O2.H2N/c1-2-16-8-10-17(11-9-16)21(32)26-23-28-24(31(30-23)20-6-4-3-5-7-20)27-22(33)18-12-14-19(29-25)15-13-18;/h1,3-15,25H,(H2,26,27,28,30,32,33);1H2/q;-1/p+1. The molecule has 0 unspecified atom stereocenters. The topological polar surface area (TPSA) is 160 Å². The zero-order valence-electron chi connectivity index (χ0n) is 17.8. The number of para-hydroxylation sites is 1. The van der Waals surface area contributed by atoms with Crippen molar-refractivity contribution in [3.8, 4) is 18.0 Å². The van der Waals surface area contributed by atoms with E-state index in [4.69, 9.17) is 12.0 Å². The maximum atomic E-state index is 12.8. The van der Waals surface area contributed by atoms with Crippen LogP contribution in [0, 0.1) is 12.3 Å². The van der Waals surface area contributed by atoms with Gasteiger partial charge in [-0.2, -0.15) is 15.2 Å². The van der Waals surface area contributed by atoms with Crippen LogP contribution in [0.2, 0.25) is 0 Å². The number of amides is 2. The first-order valence-electron chi connectivity index (χ1n) is 9.80. The van der Waals surface area contributed by atoms with Gasteiger partial charge < -0.3 is 6.15 Å². The molecule has 0 fully saturated rings. The maximum Gasteiger partial charge on any atom is 0.258 e. The van der Waals surface area contributed by atoms with Crippen molar-refractivity contribution in [1.82, 2.24) is 14.8 Å². The van der Waals surface area contributed by atoms with Crippen molar-refractivity contribution >= 4 is 29.4 Å². The molecule has 0 aliphatic heterocycles. The van der Waals surface area contributed by atoms with E-state index in [1.54, 1.807) is 60.7 Å². The quantitative estimate of drug-likeness (QED) is 0.302. The highest BCUT2D eigenvalue weighted by Gasteiger charge is 2.17. The largest absolute Gasteiger partial charge is 0.693 e. The Balaban J connectivity index is 0.00000324. The number of nitrogens with zero attached hydrogens (tertiary/aromatic N) is 4. The lowest BCUT2D eigenvalue weighted by Gasteiger charge is -2.07. The number of nitrogens with two attached hydrogens (primary N) is 2. The molecule has 168 valence electrons. The van der Waals surface area contributed by atoms with Crippen LogP contribution in [0.25, 0.3) is 11.8 Å². The molecule has 0 radical (unpaired) electrons. The Hall–Kier alpha value is -5.14. The number of anilines is 2. The van der Waals surface area contributed by atoms with Gasteiger partial charge in [-0.1, -0.05) is 24.1 Å². The van der Waals surface area contributed by atoms with E-state index >= 15 is 0 Å². The monoisotopic (exact) mass is 452 g/mol. The molecule has 0 saturated carbocycles. The van der Waals surface area contributed by atoms with Crippen LogP contribution in [-0.2, 0) is 0 Å². The third-order valence-corrected chi connectivity index (χ3v) is 4.65. The first-order chi connectivity index (χ1) is 16.1. The zero-order chi connectivity index (χ0) is 23.2.